The molecule has 2 rings (SSSR count). The number of carbonyl (C=O) groups excluding carboxylic acids is 2. The van der Waals surface area contributed by atoms with Gasteiger partial charge in [0, 0.05) is 24.9 Å². The van der Waals surface area contributed by atoms with Crippen molar-refractivity contribution < 1.29 is 9.59 Å². The zero-order valence-corrected chi connectivity index (χ0v) is 12.3. The molecular formula is C15H18N4O2. The number of hydrogen-bond acceptors (Lipinski definition) is 3. The van der Waals surface area contributed by atoms with E-state index >= 15 is 0 Å². The molecule has 0 bridgehead atoms. The Balaban J connectivity index is 1.88. The zero-order valence-electron chi connectivity index (χ0n) is 12.3. The third-order valence-electron chi connectivity index (χ3n) is 3.16. The van der Waals surface area contributed by atoms with E-state index in [2.05, 4.69) is 15.7 Å². The number of nitrogens with one attached hydrogen (secondary N) is 2. The van der Waals surface area contributed by atoms with Crippen molar-refractivity contribution >= 4 is 17.6 Å². The molecule has 0 atom stereocenters. The molecule has 1 heterocycles. The number of amides is 2. The van der Waals surface area contributed by atoms with Gasteiger partial charge in [-0.3, -0.25) is 14.3 Å². The van der Waals surface area contributed by atoms with E-state index in [1.165, 1.54) is 0 Å². The lowest BCUT2D eigenvalue weighted by Gasteiger charge is -2.07. The SMILES string of the molecule is Cc1ccc(C(=O)NCC(=O)Nc2ccn(C)n2)cc1C. The number of rotatable bonds is 4. The summed E-state index contributed by atoms with van der Waals surface area (Å²) in [5.74, 6) is -0.122. The molecule has 0 saturated carbocycles. The standard InChI is InChI=1S/C15H18N4O2/c1-10-4-5-12(8-11(10)2)15(21)16-9-14(20)17-13-6-7-19(3)18-13/h4-8H,9H2,1-3H3,(H,16,21)(H,17,18,20). The van der Waals surface area contributed by atoms with Gasteiger partial charge in [0.05, 0.1) is 6.54 Å². The fourth-order valence-electron chi connectivity index (χ4n) is 1.81. The summed E-state index contributed by atoms with van der Waals surface area (Å²) in [6, 6.07) is 7.12. The lowest BCUT2D eigenvalue weighted by molar-refractivity contribution is -0.115. The van der Waals surface area contributed by atoms with E-state index in [1.807, 2.05) is 19.9 Å². The molecule has 0 radical (unpaired) electrons. The topological polar surface area (TPSA) is 76.0 Å². The smallest absolute Gasteiger partial charge is 0.251 e. The summed E-state index contributed by atoms with van der Waals surface area (Å²) >= 11 is 0. The minimum absolute atomic E-state index is 0.0949. The van der Waals surface area contributed by atoms with Gasteiger partial charge < -0.3 is 10.6 Å². The molecule has 2 amide bonds. The molecular weight excluding hydrogens is 268 g/mol. The highest BCUT2D eigenvalue weighted by Gasteiger charge is 2.09. The summed E-state index contributed by atoms with van der Waals surface area (Å²) in [5.41, 5.74) is 2.71. The highest BCUT2D eigenvalue weighted by atomic mass is 16.2. The first-order valence-electron chi connectivity index (χ1n) is 6.60. The minimum atomic E-state index is -0.314. The van der Waals surface area contributed by atoms with Crippen LogP contribution in [-0.2, 0) is 11.8 Å². The van der Waals surface area contributed by atoms with Gasteiger partial charge in [0.2, 0.25) is 5.91 Å². The van der Waals surface area contributed by atoms with Gasteiger partial charge in [-0.15, -0.1) is 0 Å². The third kappa shape index (κ3) is 3.92. The molecule has 1 aromatic carbocycles. The van der Waals surface area contributed by atoms with Crippen LogP contribution in [0.4, 0.5) is 5.82 Å². The van der Waals surface area contributed by atoms with Crippen molar-refractivity contribution in [3.8, 4) is 0 Å². The van der Waals surface area contributed by atoms with Gasteiger partial charge in [-0.1, -0.05) is 6.07 Å². The lowest BCUT2D eigenvalue weighted by atomic mass is 10.1. The van der Waals surface area contributed by atoms with Crippen molar-refractivity contribution in [2.75, 3.05) is 11.9 Å². The first-order chi connectivity index (χ1) is 9.95. The second-order valence-electron chi connectivity index (χ2n) is 4.90. The maximum Gasteiger partial charge on any atom is 0.251 e. The van der Waals surface area contributed by atoms with Crippen molar-refractivity contribution in [1.29, 1.82) is 0 Å². The molecule has 0 unspecified atom stereocenters. The summed E-state index contributed by atoms with van der Waals surface area (Å²) in [5, 5.41) is 9.22. The van der Waals surface area contributed by atoms with Gasteiger partial charge in [-0.05, 0) is 37.1 Å². The van der Waals surface area contributed by atoms with Crippen LogP contribution in [0.25, 0.3) is 0 Å². The number of nitrogens with zero attached hydrogens (tertiary/aromatic N) is 2. The zero-order chi connectivity index (χ0) is 15.4. The number of aryl methyl sites for hydroxylation is 3. The minimum Gasteiger partial charge on any atom is -0.343 e. The molecule has 2 N–H and O–H groups in total. The molecule has 21 heavy (non-hydrogen) atoms. The van der Waals surface area contributed by atoms with Crippen LogP contribution in [0.3, 0.4) is 0 Å². The van der Waals surface area contributed by atoms with E-state index < -0.39 is 0 Å². The Bertz CT molecular complexity index is 676. The van der Waals surface area contributed by atoms with Crippen LogP contribution >= 0.6 is 0 Å². The molecule has 1 aromatic heterocycles. The molecule has 0 aliphatic heterocycles. The normalized spacial score (nSPS) is 10.2. The van der Waals surface area contributed by atoms with Crippen molar-refractivity contribution in [2.24, 2.45) is 7.05 Å². The second-order valence-corrected chi connectivity index (χ2v) is 4.90. The molecule has 110 valence electrons. The molecule has 6 heteroatoms. The highest BCUT2D eigenvalue weighted by Crippen LogP contribution is 2.09. The van der Waals surface area contributed by atoms with Gasteiger partial charge >= 0.3 is 0 Å². The Labute approximate surface area is 123 Å². The van der Waals surface area contributed by atoms with E-state index in [0.29, 0.717) is 11.4 Å². The van der Waals surface area contributed by atoms with Gasteiger partial charge in [0.15, 0.2) is 5.82 Å². The summed E-state index contributed by atoms with van der Waals surface area (Å²) in [6.07, 6.45) is 1.73. The quantitative estimate of drug-likeness (QED) is 0.892. The van der Waals surface area contributed by atoms with E-state index in [4.69, 9.17) is 0 Å². The molecule has 2 aromatic rings. The van der Waals surface area contributed by atoms with Crippen LogP contribution in [0.1, 0.15) is 21.5 Å². The molecule has 0 aliphatic rings. The van der Waals surface area contributed by atoms with Crippen LogP contribution in [0.2, 0.25) is 0 Å². The van der Waals surface area contributed by atoms with E-state index in [0.717, 1.165) is 11.1 Å². The van der Waals surface area contributed by atoms with Crippen molar-refractivity contribution in [2.45, 2.75) is 13.8 Å². The van der Waals surface area contributed by atoms with E-state index in [-0.39, 0.29) is 18.4 Å². The molecule has 0 fully saturated rings. The van der Waals surface area contributed by atoms with Crippen molar-refractivity contribution in [1.82, 2.24) is 15.1 Å². The van der Waals surface area contributed by atoms with Crippen LogP contribution in [0, 0.1) is 13.8 Å². The summed E-state index contributed by atoms with van der Waals surface area (Å²) in [6.45, 7) is 3.83. The Hall–Kier alpha value is -2.63. The Morgan fingerprint density at radius 1 is 1.19 bits per heavy atom. The van der Waals surface area contributed by atoms with Gasteiger partial charge in [0.1, 0.15) is 0 Å². The number of benzene rings is 1. The monoisotopic (exact) mass is 286 g/mol. The maximum atomic E-state index is 12.0. The van der Waals surface area contributed by atoms with Crippen LogP contribution < -0.4 is 10.6 Å². The number of anilines is 1. The largest absolute Gasteiger partial charge is 0.343 e. The summed E-state index contributed by atoms with van der Waals surface area (Å²) in [7, 11) is 1.76. The molecule has 6 nitrogen and oxygen atoms in total. The number of hydrogen-bond donors (Lipinski definition) is 2. The number of carbonyl (C=O) groups is 2. The predicted octanol–water partition coefficient (Wildman–Crippen LogP) is 1.41. The van der Waals surface area contributed by atoms with Crippen LogP contribution in [-0.4, -0.2) is 28.1 Å². The molecule has 0 aliphatic carbocycles. The van der Waals surface area contributed by atoms with Crippen LogP contribution in [0.5, 0.6) is 0 Å². The molecule has 0 saturated heterocycles. The fraction of sp³-hybridized carbons (Fsp3) is 0.267. The lowest BCUT2D eigenvalue weighted by Crippen LogP contribution is -2.33. The maximum absolute atomic E-state index is 12.0. The first kappa shape index (κ1) is 14.8. The Morgan fingerprint density at radius 3 is 2.57 bits per heavy atom. The summed E-state index contributed by atoms with van der Waals surface area (Å²) in [4.78, 5) is 23.7. The van der Waals surface area contributed by atoms with E-state index in [9.17, 15) is 9.59 Å². The summed E-state index contributed by atoms with van der Waals surface area (Å²) < 4.78 is 1.59. The van der Waals surface area contributed by atoms with Gasteiger partial charge in [-0.2, -0.15) is 5.10 Å². The Kier molecular flexibility index (Phi) is 4.37. The highest BCUT2D eigenvalue weighted by molar-refractivity contribution is 5.99. The predicted molar refractivity (Wildman–Crippen MR) is 80.1 cm³/mol. The average molecular weight is 286 g/mol. The third-order valence-corrected chi connectivity index (χ3v) is 3.16. The first-order valence-corrected chi connectivity index (χ1v) is 6.60. The molecule has 0 spiro atoms. The van der Waals surface area contributed by atoms with Gasteiger partial charge in [0.25, 0.3) is 5.91 Å². The fourth-order valence-corrected chi connectivity index (χ4v) is 1.81. The van der Waals surface area contributed by atoms with Crippen molar-refractivity contribution in [3.63, 3.8) is 0 Å². The van der Waals surface area contributed by atoms with Crippen LogP contribution in [0.15, 0.2) is 30.5 Å². The number of aromatic nitrogens is 2. The Morgan fingerprint density at radius 2 is 1.95 bits per heavy atom. The average Bonchev–Trinajstić information content (AvgIpc) is 2.84. The van der Waals surface area contributed by atoms with Crippen molar-refractivity contribution in [3.05, 3.63) is 47.2 Å². The second kappa shape index (κ2) is 6.21. The van der Waals surface area contributed by atoms with Gasteiger partial charge in [-0.25, -0.2) is 0 Å². The van der Waals surface area contributed by atoms with E-state index in [1.54, 1.807) is 36.1 Å².